The smallest absolute Gasteiger partial charge is 0.251 e. The lowest BCUT2D eigenvalue weighted by molar-refractivity contribution is 0.0941. The second-order valence-electron chi connectivity index (χ2n) is 7.02. The fourth-order valence-corrected chi connectivity index (χ4v) is 3.54. The Labute approximate surface area is 176 Å². The molecule has 2 aromatic carbocycles. The first-order chi connectivity index (χ1) is 13.5. The number of piperazine rings is 1. The van der Waals surface area contributed by atoms with Crippen LogP contribution in [-0.2, 0) is 0 Å². The van der Waals surface area contributed by atoms with Gasteiger partial charge in [0.25, 0.3) is 5.91 Å². The summed E-state index contributed by atoms with van der Waals surface area (Å²) in [6.45, 7) is 5.85. The van der Waals surface area contributed by atoms with Crippen LogP contribution in [0.15, 0.2) is 42.5 Å². The van der Waals surface area contributed by atoms with Crippen molar-refractivity contribution in [1.29, 1.82) is 0 Å². The number of halogens is 2. The zero-order chi connectivity index (χ0) is 19.9. The number of carbonyl (C=O) groups is 1. The molecule has 0 atom stereocenters. The molecule has 1 N–H and O–H groups in total. The van der Waals surface area contributed by atoms with Crippen LogP contribution in [0.3, 0.4) is 0 Å². The SMILES string of the molecule is CN1CCN(CCNC(=O)c2ccc(/C=C/c3ccc(Cl)cc3Cl)cc2)CC1. The standard InChI is InChI=1S/C22H25Cl2N3O/c1-26-12-14-27(15-13-26)11-10-25-22(28)19-6-3-17(4-7-19)2-5-18-8-9-20(23)16-21(18)24/h2-9,16H,10-15H2,1H3,(H,25,28)/b5-2+. The average Bonchev–Trinajstić information content (AvgIpc) is 2.69. The Kier molecular flexibility index (Phi) is 7.51. The van der Waals surface area contributed by atoms with Gasteiger partial charge in [0.05, 0.1) is 0 Å². The molecule has 2 aromatic rings. The van der Waals surface area contributed by atoms with Crippen LogP contribution in [0.5, 0.6) is 0 Å². The monoisotopic (exact) mass is 417 g/mol. The molecule has 3 rings (SSSR count). The van der Waals surface area contributed by atoms with E-state index in [-0.39, 0.29) is 5.91 Å². The van der Waals surface area contributed by atoms with Crippen molar-refractivity contribution in [2.45, 2.75) is 0 Å². The predicted octanol–water partition coefficient (Wildman–Crippen LogP) is 4.14. The molecule has 1 aliphatic rings. The summed E-state index contributed by atoms with van der Waals surface area (Å²) in [6, 6.07) is 12.9. The van der Waals surface area contributed by atoms with Crippen LogP contribution >= 0.6 is 23.2 Å². The molecular weight excluding hydrogens is 393 g/mol. The van der Waals surface area contributed by atoms with E-state index in [4.69, 9.17) is 23.2 Å². The van der Waals surface area contributed by atoms with Gasteiger partial charge in [-0.25, -0.2) is 0 Å². The fraction of sp³-hybridized carbons (Fsp3) is 0.318. The number of nitrogens with one attached hydrogen (secondary N) is 1. The Hall–Kier alpha value is -1.85. The third-order valence-corrected chi connectivity index (χ3v) is 5.46. The van der Waals surface area contributed by atoms with Crippen molar-refractivity contribution in [3.63, 3.8) is 0 Å². The molecule has 0 radical (unpaired) electrons. The normalized spacial score (nSPS) is 15.8. The van der Waals surface area contributed by atoms with Gasteiger partial charge in [0.1, 0.15) is 0 Å². The largest absolute Gasteiger partial charge is 0.351 e. The molecule has 0 saturated carbocycles. The van der Waals surface area contributed by atoms with E-state index in [9.17, 15) is 4.79 Å². The molecule has 6 heteroatoms. The minimum atomic E-state index is -0.0367. The molecule has 4 nitrogen and oxygen atoms in total. The number of amides is 1. The molecule has 1 amide bonds. The number of carbonyl (C=O) groups excluding carboxylic acids is 1. The summed E-state index contributed by atoms with van der Waals surface area (Å²) in [7, 11) is 2.14. The fourth-order valence-electron chi connectivity index (χ4n) is 3.07. The summed E-state index contributed by atoms with van der Waals surface area (Å²) in [4.78, 5) is 17.0. The first-order valence-corrected chi connectivity index (χ1v) is 10.2. The predicted molar refractivity (Wildman–Crippen MR) is 118 cm³/mol. The van der Waals surface area contributed by atoms with Crippen molar-refractivity contribution in [3.05, 3.63) is 69.2 Å². The van der Waals surface area contributed by atoms with Crippen molar-refractivity contribution in [1.82, 2.24) is 15.1 Å². The second-order valence-corrected chi connectivity index (χ2v) is 7.87. The van der Waals surface area contributed by atoms with E-state index in [1.807, 2.05) is 48.6 Å². The van der Waals surface area contributed by atoms with Crippen LogP contribution in [0.4, 0.5) is 0 Å². The third kappa shape index (κ3) is 6.08. The van der Waals surface area contributed by atoms with Gasteiger partial charge in [-0.1, -0.05) is 53.6 Å². The summed E-state index contributed by atoms with van der Waals surface area (Å²) < 4.78 is 0. The van der Waals surface area contributed by atoms with Crippen LogP contribution in [0.2, 0.25) is 10.0 Å². The molecule has 28 heavy (non-hydrogen) atoms. The molecule has 1 saturated heterocycles. The van der Waals surface area contributed by atoms with Gasteiger partial charge < -0.3 is 10.2 Å². The highest BCUT2D eigenvalue weighted by atomic mass is 35.5. The van der Waals surface area contributed by atoms with Gasteiger partial charge in [-0.3, -0.25) is 9.69 Å². The molecule has 0 spiro atoms. The maximum Gasteiger partial charge on any atom is 0.251 e. The number of hydrogen-bond acceptors (Lipinski definition) is 3. The lowest BCUT2D eigenvalue weighted by Gasteiger charge is -2.32. The van der Waals surface area contributed by atoms with Crippen molar-refractivity contribution < 1.29 is 4.79 Å². The van der Waals surface area contributed by atoms with Gasteiger partial charge in [0.15, 0.2) is 0 Å². The first-order valence-electron chi connectivity index (χ1n) is 9.43. The topological polar surface area (TPSA) is 35.6 Å². The molecule has 0 bridgehead atoms. The minimum Gasteiger partial charge on any atom is -0.351 e. The van der Waals surface area contributed by atoms with E-state index in [0.29, 0.717) is 22.2 Å². The second kappa shape index (κ2) is 10.1. The Morgan fingerprint density at radius 3 is 2.43 bits per heavy atom. The van der Waals surface area contributed by atoms with Crippen molar-refractivity contribution in [2.75, 3.05) is 46.3 Å². The van der Waals surface area contributed by atoms with Crippen LogP contribution in [-0.4, -0.2) is 62.0 Å². The molecule has 0 aliphatic carbocycles. The summed E-state index contributed by atoms with van der Waals surface area (Å²) in [5.74, 6) is -0.0367. The van der Waals surface area contributed by atoms with E-state index >= 15 is 0 Å². The summed E-state index contributed by atoms with van der Waals surface area (Å²) in [5.41, 5.74) is 2.57. The molecule has 0 unspecified atom stereocenters. The average molecular weight is 418 g/mol. The van der Waals surface area contributed by atoms with Crippen LogP contribution in [0.25, 0.3) is 12.2 Å². The summed E-state index contributed by atoms with van der Waals surface area (Å²) in [6.07, 6.45) is 3.90. The molecule has 0 aromatic heterocycles. The number of hydrogen-bond donors (Lipinski definition) is 1. The summed E-state index contributed by atoms with van der Waals surface area (Å²) in [5, 5.41) is 4.23. The Bertz CT molecular complexity index is 828. The maximum atomic E-state index is 12.3. The van der Waals surface area contributed by atoms with E-state index in [2.05, 4.69) is 22.2 Å². The van der Waals surface area contributed by atoms with Crippen LogP contribution < -0.4 is 5.32 Å². The minimum absolute atomic E-state index is 0.0367. The molecule has 148 valence electrons. The highest BCUT2D eigenvalue weighted by molar-refractivity contribution is 6.35. The lowest BCUT2D eigenvalue weighted by Crippen LogP contribution is -2.46. The summed E-state index contributed by atoms with van der Waals surface area (Å²) >= 11 is 12.1. The van der Waals surface area contributed by atoms with Crippen molar-refractivity contribution in [2.24, 2.45) is 0 Å². The highest BCUT2D eigenvalue weighted by Gasteiger charge is 2.13. The molecular formula is C22H25Cl2N3O. The Morgan fingerprint density at radius 1 is 1.04 bits per heavy atom. The van der Waals surface area contributed by atoms with Crippen LogP contribution in [0, 0.1) is 0 Å². The zero-order valence-corrected chi connectivity index (χ0v) is 17.5. The van der Waals surface area contributed by atoms with E-state index in [0.717, 1.165) is 43.9 Å². The van der Waals surface area contributed by atoms with Gasteiger partial charge in [-0.2, -0.15) is 0 Å². The van der Waals surface area contributed by atoms with Crippen molar-refractivity contribution >= 4 is 41.3 Å². The van der Waals surface area contributed by atoms with Gasteiger partial charge in [-0.05, 0) is 42.4 Å². The Balaban J connectivity index is 1.49. The molecule has 1 fully saturated rings. The third-order valence-electron chi connectivity index (χ3n) is 4.90. The number of likely N-dealkylation sites (N-methyl/N-ethyl adjacent to an activating group) is 1. The van der Waals surface area contributed by atoms with E-state index in [1.54, 1.807) is 6.07 Å². The first kappa shape index (κ1) is 20.9. The van der Waals surface area contributed by atoms with Gasteiger partial charge in [0, 0.05) is 54.9 Å². The quantitative estimate of drug-likeness (QED) is 0.717. The highest BCUT2D eigenvalue weighted by Crippen LogP contribution is 2.22. The van der Waals surface area contributed by atoms with E-state index < -0.39 is 0 Å². The number of rotatable bonds is 6. The van der Waals surface area contributed by atoms with Crippen molar-refractivity contribution in [3.8, 4) is 0 Å². The van der Waals surface area contributed by atoms with Gasteiger partial charge in [-0.15, -0.1) is 0 Å². The number of nitrogens with zero attached hydrogens (tertiary/aromatic N) is 2. The Morgan fingerprint density at radius 2 is 1.75 bits per heavy atom. The van der Waals surface area contributed by atoms with Gasteiger partial charge in [0.2, 0.25) is 0 Å². The number of benzene rings is 2. The maximum absolute atomic E-state index is 12.3. The molecule has 1 heterocycles. The lowest BCUT2D eigenvalue weighted by atomic mass is 10.1. The van der Waals surface area contributed by atoms with Gasteiger partial charge >= 0.3 is 0 Å². The van der Waals surface area contributed by atoms with Crippen LogP contribution in [0.1, 0.15) is 21.5 Å². The van der Waals surface area contributed by atoms with E-state index in [1.165, 1.54) is 0 Å². The zero-order valence-electron chi connectivity index (χ0n) is 16.0. The molecule has 1 aliphatic heterocycles.